The summed E-state index contributed by atoms with van der Waals surface area (Å²) in [7, 11) is -3.86. The molecule has 0 fully saturated rings. The number of nitrogens with one attached hydrogen (secondary N) is 2. The molecular weight excluding hydrogens is 478 g/mol. The van der Waals surface area contributed by atoms with Gasteiger partial charge in [0.2, 0.25) is 5.13 Å². The van der Waals surface area contributed by atoms with Gasteiger partial charge in [-0.25, -0.2) is 18.2 Å². The Kier molecular flexibility index (Phi) is 7.38. The van der Waals surface area contributed by atoms with Crippen molar-refractivity contribution < 1.29 is 22.7 Å². The van der Waals surface area contributed by atoms with Gasteiger partial charge in [0.15, 0.2) is 6.10 Å². The summed E-state index contributed by atoms with van der Waals surface area (Å²) >= 11 is 6.88. The molecule has 1 aromatic carbocycles. The van der Waals surface area contributed by atoms with E-state index in [-0.39, 0.29) is 27.2 Å². The molecule has 1 atom stereocenters. The third kappa shape index (κ3) is 5.99. The van der Waals surface area contributed by atoms with Crippen LogP contribution in [-0.2, 0) is 19.6 Å². The Morgan fingerprint density at radius 2 is 1.91 bits per heavy atom. The Balaban J connectivity index is 1.64. The number of carbonyl (C=O) groups excluding carboxylic acids is 2. The number of hydrogen-bond donors (Lipinski definition) is 2. The first-order valence-electron chi connectivity index (χ1n) is 9.24. The van der Waals surface area contributed by atoms with Gasteiger partial charge in [0.05, 0.1) is 10.5 Å². The molecule has 3 aromatic rings. The van der Waals surface area contributed by atoms with E-state index in [1.165, 1.54) is 42.6 Å². The van der Waals surface area contributed by atoms with Gasteiger partial charge in [-0.2, -0.15) is 0 Å². The summed E-state index contributed by atoms with van der Waals surface area (Å²) in [5.74, 6) is -1.27. The smallest absolute Gasteiger partial charge is 0.339 e. The molecule has 0 saturated heterocycles. The average molecular weight is 496 g/mol. The second-order valence-corrected chi connectivity index (χ2v) is 9.67. The Bertz CT molecular complexity index is 1230. The number of sulfonamides is 1. The number of ether oxygens (including phenoxy) is 1. The highest BCUT2D eigenvalue weighted by Crippen LogP contribution is 2.21. The van der Waals surface area contributed by atoms with Crippen LogP contribution in [0.4, 0.5) is 10.8 Å². The van der Waals surface area contributed by atoms with Gasteiger partial charge in [-0.1, -0.05) is 29.9 Å². The van der Waals surface area contributed by atoms with Crippen molar-refractivity contribution in [1.82, 2.24) is 15.2 Å². The lowest BCUT2D eigenvalue weighted by atomic mass is 10.2. The highest BCUT2D eigenvalue weighted by atomic mass is 35.5. The molecule has 0 aliphatic heterocycles. The van der Waals surface area contributed by atoms with Crippen LogP contribution in [0.3, 0.4) is 0 Å². The monoisotopic (exact) mass is 495 g/mol. The van der Waals surface area contributed by atoms with E-state index in [1.807, 2.05) is 0 Å². The zero-order valence-electron chi connectivity index (χ0n) is 16.9. The van der Waals surface area contributed by atoms with E-state index in [0.717, 1.165) is 11.3 Å². The third-order valence-corrected chi connectivity index (χ3v) is 6.50. The van der Waals surface area contributed by atoms with Gasteiger partial charge in [0, 0.05) is 11.9 Å². The van der Waals surface area contributed by atoms with Crippen LogP contribution in [0.1, 0.15) is 28.7 Å². The van der Waals surface area contributed by atoms with Crippen molar-refractivity contribution in [2.75, 3.05) is 10.0 Å². The second-order valence-electron chi connectivity index (χ2n) is 6.41. The number of anilines is 2. The van der Waals surface area contributed by atoms with Crippen molar-refractivity contribution in [3.05, 3.63) is 58.3 Å². The van der Waals surface area contributed by atoms with Crippen molar-refractivity contribution in [2.45, 2.75) is 31.3 Å². The number of halogens is 1. The quantitative estimate of drug-likeness (QED) is 0.358. The summed E-state index contributed by atoms with van der Waals surface area (Å²) in [6.07, 6.45) is 0.533. The number of nitrogens with zero attached hydrogens (tertiary/aromatic N) is 3. The van der Waals surface area contributed by atoms with Crippen LogP contribution in [-0.4, -0.2) is 41.6 Å². The number of rotatable bonds is 8. The minimum absolute atomic E-state index is 0.0172. The summed E-state index contributed by atoms with van der Waals surface area (Å²) in [5.41, 5.74) is 0.506. The van der Waals surface area contributed by atoms with Crippen molar-refractivity contribution in [2.24, 2.45) is 0 Å². The van der Waals surface area contributed by atoms with E-state index in [2.05, 4.69) is 25.2 Å². The molecule has 168 valence electrons. The number of pyridine rings is 1. The summed E-state index contributed by atoms with van der Waals surface area (Å²) < 4.78 is 32.5. The van der Waals surface area contributed by atoms with Crippen LogP contribution in [0.15, 0.2) is 47.5 Å². The van der Waals surface area contributed by atoms with Gasteiger partial charge in [0.25, 0.3) is 15.9 Å². The fourth-order valence-corrected chi connectivity index (χ4v) is 4.50. The normalized spacial score (nSPS) is 12.1. The van der Waals surface area contributed by atoms with Crippen molar-refractivity contribution in [3.8, 4) is 0 Å². The van der Waals surface area contributed by atoms with E-state index in [1.54, 1.807) is 13.8 Å². The van der Waals surface area contributed by atoms with Crippen LogP contribution in [0.5, 0.6) is 0 Å². The predicted octanol–water partition coefficient (Wildman–Crippen LogP) is 3.27. The molecule has 32 heavy (non-hydrogen) atoms. The highest BCUT2D eigenvalue weighted by molar-refractivity contribution is 7.93. The third-order valence-electron chi connectivity index (χ3n) is 4.05. The molecule has 0 saturated carbocycles. The molecule has 2 heterocycles. The van der Waals surface area contributed by atoms with E-state index in [4.69, 9.17) is 16.3 Å². The number of amides is 1. The van der Waals surface area contributed by atoms with Crippen molar-refractivity contribution in [3.63, 3.8) is 0 Å². The van der Waals surface area contributed by atoms with Gasteiger partial charge >= 0.3 is 5.97 Å². The largest absolute Gasteiger partial charge is 0.449 e. The van der Waals surface area contributed by atoms with E-state index in [0.29, 0.717) is 10.7 Å². The molecule has 0 radical (unpaired) electrons. The molecule has 0 aliphatic carbocycles. The maximum Gasteiger partial charge on any atom is 0.339 e. The number of aromatic nitrogens is 3. The molecule has 13 heteroatoms. The minimum atomic E-state index is -3.86. The van der Waals surface area contributed by atoms with Crippen molar-refractivity contribution >= 4 is 55.7 Å². The molecule has 1 unspecified atom stereocenters. The Hall–Kier alpha value is -3.09. The molecule has 0 spiro atoms. The number of esters is 1. The standard InChI is InChI=1S/C19H18ClN5O5S2/c1-3-15(30-18(27)12-8-9-21-16(20)10-12)17(26)22-13-4-6-14(7-5-13)32(28,29)25-19-24-23-11(2)31-19/h4-10,15H,3H2,1-2H3,(H,22,26)(H,24,25). The highest BCUT2D eigenvalue weighted by Gasteiger charge is 2.23. The number of aryl methyl sites for hydroxylation is 1. The molecule has 2 N–H and O–H groups in total. The van der Waals surface area contributed by atoms with E-state index < -0.39 is 28.0 Å². The van der Waals surface area contributed by atoms with Crippen LogP contribution < -0.4 is 10.0 Å². The Morgan fingerprint density at radius 1 is 1.19 bits per heavy atom. The second kappa shape index (κ2) is 10.0. The Labute approximate surface area is 193 Å². The van der Waals surface area contributed by atoms with Crippen LogP contribution in [0, 0.1) is 6.92 Å². The number of carbonyl (C=O) groups is 2. The first-order valence-corrected chi connectivity index (χ1v) is 11.9. The summed E-state index contributed by atoms with van der Waals surface area (Å²) in [4.78, 5) is 28.6. The first-order chi connectivity index (χ1) is 15.2. The number of benzene rings is 1. The molecule has 0 aliphatic rings. The van der Waals surface area contributed by atoms with Gasteiger partial charge < -0.3 is 10.1 Å². The fourth-order valence-electron chi connectivity index (χ4n) is 2.50. The average Bonchev–Trinajstić information content (AvgIpc) is 3.15. The van der Waals surface area contributed by atoms with Crippen LogP contribution in [0.2, 0.25) is 5.15 Å². The maximum absolute atomic E-state index is 12.5. The summed E-state index contributed by atoms with van der Waals surface area (Å²) in [6, 6.07) is 8.28. The van der Waals surface area contributed by atoms with Gasteiger partial charge in [-0.05, 0) is 49.7 Å². The minimum Gasteiger partial charge on any atom is -0.449 e. The molecule has 0 bridgehead atoms. The topological polar surface area (TPSA) is 140 Å². The SMILES string of the molecule is CCC(OC(=O)c1ccnc(Cl)c1)C(=O)Nc1ccc(S(=O)(=O)Nc2nnc(C)s2)cc1. The zero-order chi connectivity index (χ0) is 23.3. The predicted molar refractivity (Wildman–Crippen MR) is 119 cm³/mol. The van der Waals surface area contributed by atoms with Gasteiger partial charge in [0.1, 0.15) is 10.2 Å². The zero-order valence-corrected chi connectivity index (χ0v) is 19.3. The van der Waals surface area contributed by atoms with E-state index >= 15 is 0 Å². The lowest BCUT2D eigenvalue weighted by molar-refractivity contribution is -0.124. The summed E-state index contributed by atoms with van der Waals surface area (Å²) in [6.45, 7) is 3.40. The molecule has 2 aromatic heterocycles. The van der Waals surface area contributed by atoms with E-state index in [9.17, 15) is 18.0 Å². The Morgan fingerprint density at radius 3 is 2.50 bits per heavy atom. The lowest BCUT2D eigenvalue weighted by Crippen LogP contribution is -2.32. The molecule has 10 nitrogen and oxygen atoms in total. The molecule has 3 rings (SSSR count). The van der Waals surface area contributed by atoms with Crippen LogP contribution in [0.25, 0.3) is 0 Å². The number of hydrogen-bond acceptors (Lipinski definition) is 9. The lowest BCUT2D eigenvalue weighted by Gasteiger charge is -2.16. The molecular formula is C19H18ClN5O5S2. The van der Waals surface area contributed by atoms with Crippen LogP contribution >= 0.6 is 22.9 Å². The molecule has 1 amide bonds. The van der Waals surface area contributed by atoms with Gasteiger partial charge in [-0.15, -0.1) is 10.2 Å². The fraction of sp³-hybridized carbons (Fsp3) is 0.211. The first kappa shape index (κ1) is 23.6. The van der Waals surface area contributed by atoms with Crippen molar-refractivity contribution in [1.29, 1.82) is 0 Å². The summed E-state index contributed by atoms with van der Waals surface area (Å²) in [5, 5.41) is 11.0. The van der Waals surface area contributed by atoms with Gasteiger partial charge in [-0.3, -0.25) is 9.52 Å². The maximum atomic E-state index is 12.5.